The van der Waals surface area contributed by atoms with Gasteiger partial charge in [0.05, 0.1) is 5.02 Å². The van der Waals surface area contributed by atoms with Crippen LogP contribution in [0.4, 0.5) is 4.39 Å². The van der Waals surface area contributed by atoms with Crippen LogP contribution in [0, 0.1) is 12.7 Å². The zero-order chi connectivity index (χ0) is 14.0. The molecule has 2 N–H and O–H groups in total. The predicted octanol–water partition coefficient (Wildman–Crippen LogP) is 4.79. The van der Waals surface area contributed by atoms with E-state index in [-0.39, 0.29) is 11.1 Å². The number of nitrogens with two attached hydrogens (primary N) is 1. The number of hydrogen-bond acceptors (Lipinski definition) is 1. The molecule has 0 aliphatic heterocycles. The van der Waals surface area contributed by atoms with Crippen LogP contribution in [-0.2, 0) is 6.42 Å². The summed E-state index contributed by atoms with van der Waals surface area (Å²) in [5.41, 5.74) is 9.09. The van der Waals surface area contributed by atoms with Crippen LogP contribution in [0.15, 0.2) is 40.9 Å². The molecule has 1 nitrogen and oxygen atoms in total. The second kappa shape index (κ2) is 6.04. The molecular formula is C15H14BrClFN. The van der Waals surface area contributed by atoms with E-state index in [0.29, 0.717) is 6.42 Å². The van der Waals surface area contributed by atoms with Crippen LogP contribution >= 0.6 is 27.5 Å². The predicted molar refractivity (Wildman–Crippen MR) is 80.9 cm³/mol. The van der Waals surface area contributed by atoms with Gasteiger partial charge < -0.3 is 5.73 Å². The molecular weight excluding hydrogens is 329 g/mol. The number of aryl methyl sites for hydroxylation is 1. The molecule has 0 spiro atoms. The third-order valence-electron chi connectivity index (χ3n) is 3.11. The van der Waals surface area contributed by atoms with Gasteiger partial charge in [0.15, 0.2) is 0 Å². The summed E-state index contributed by atoms with van der Waals surface area (Å²) < 4.78 is 14.4. The van der Waals surface area contributed by atoms with E-state index in [0.717, 1.165) is 21.2 Å². The van der Waals surface area contributed by atoms with Gasteiger partial charge in [-0.25, -0.2) is 4.39 Å². The zero-order valence-electron chi connectivity index (χ0n) is 10.5. The van der Waals surface area contributed by atoms with Crippen molar-refractivity contribution in [2.45, 2.75) is 19.4 Å². The Hall–Kier alpha value is -0.900. The third kappa shape index (κ3) is 3.35. The van der Waals surface area contributed by atoms with E-state index in [9.17, 15) is 4.39 Å². The van der Waals surface area contributed by atoms with Gasteiger partial charge in [-0.1, -0.05) is 45.7 Å². The summed E-state index contributed by atoms with van der Waals surface area (Å²) in [6, 6.07) is 10.6. The second-order valence-electron chi connectivity index (χ2n) is 4.52. The Morgan fingerprint density at radius 2 is 2.05 bits per heavy atom. The van der Waals surface area contributed by atoms with E-state index in [4.69, 9.17) is 17.3 Å². The summed E-state index contributed by atoms with van der Waals surface area (Å²) >= 11 is 9.39. The zero-order valence-corrected chi connectivity index (χ0v) is 12.8. The van der Waals surface area contributed by atoms with Gasteiger partial charge in [-0.2, -0.15) is 0 Å². The largest absolute Gasteiger partial charge is 0.324 e. The normalized spacial score (nSPS) is 12.5. The van der Waals surface area contributed by atoms with Gasteiger partial charge in [0.2, 0.25) is 0 Å². The topological polar surface area (TPSA) is 26.0 Å². The minimum Gasteiger partial charge on any atom is -0.324 e. The first kappa shape index (κ1) is 14.5. The summed E-state index contributed by atoms with van der Waals surface area (Å²) in [4.78, 5) is 0. The molecule has 0 saturated carbocycles. The van der Waals surface area contributed by atoms with Crippen LogP contribution in [0.2, 0.25) is 5.02 Å². The standard InChI is InChI=1S/C15H14BrClFN/c1-9-5-6-11(16)8-12(9)14(19)7-10-3-2-4-13(18)15(10)17/h2-6,8,14H,7,19H2,1H3. The fourth-order valence-corrected chi connectivity index (χ4v) is 2.65. The SMILES string of the molecule is Cc1ccc(Br)cc1C(N)Cc1cccc(F)c1Cl. The highest BCUT2D eigenvalue weighted by atomic mass is 79.9. The van der Waals surface area contributed by atoms with Gasteiger partial charge in [0.25, 0.3) is 0 Å². The molecule has 0 aliphatic rings. The van der Waals surface area contributed by atoms with Crippen LogP contribution in [0.5, 0.6) is 0 Å². The molecule has 19 heavy (non-hydrogen) atoms. The van der Waals surface area contributed by atoms with Gasteiger partial charge >= 0.3 is 0 Å². The molecule has 0 amide bonds. The van der Waals surface area contributed by atoms with E-state index < -0.39 is 5.82 Å². The summed E-state index contributed by atoms with van der Waals surface area (Å²) in [6.45, 7) is 2.01. The molecule has 2 rings (SSSR count). The molecule has 2 aromatic rings. The Kier molecular flexibility index (Phi) is 4.61. The lowest BCUT2D eigenvalue weighted by molar-refractivity contribution is 0.622. The molecule has 2 aromatic carbocycles. The maximum Gasteiger partial charge on any atom is 0.142 e. The van der Waals surface area contributed by atoms with Crippen molar-refractivity contribution in [1.82, 2.24) is 0 Å². The first-order valence-corrected chi connectivity index (χ1v) is 7.10. The van der Waals surface area contributed by atoms with Crippen molar-refractivity contribution in [3.63, 3.8) is 0 Å². The number of hydrogen-bond donors (Lipinski definition) is 1. The molecule has 1 unspecified atom stereocenters. The van der Waals surface area contributed by atoms with Crippen molar-refractivity contribution in [2.75, 3.05) is 0 Å². The highest BCUT2D eigenvalue weighted by Gasteiger charge is 2.13. The summed E-state index contributed by atoms with van der Waals surface area (Å²) in [5, 5.41) is 0.158. The number of benzene rings is 2. The molecule has 0 fully saturated rings. The first-order chi connectivity index (χ1) is 8.99. The fraction of sp³-hybridized carbons (Fsp3) is 0.200. The molecule has 0 heterocycles. The molecule has 0 bridgehead atoms. The maximum absolute atomic E-state index is 13.4. The van der Waals surface area contributed by atoms with Crippen molar-refractivity contribution in [3.05, 3.63) is 68.4 Å². The van der Waals surface area contributed by atoms with Gasteiger partial charge in [-0.05, 0) is 48.2 Å². The van der Waals surface area contributed by atoms with Crippen molar-refractivity contribution in [1.29, 1.82) is 0 Å². The van der Waals surface area contributed by atoms with Crippen molar-refractivity contribution in [2.24, 2.45) is 5.73 Å². The van der Waals surface area contributed by atoms with E-state index in [2.05, 4.69) is 15.9 Å². The minimum absolute atomic E-state index is 0.158. The summed E-state index contributed by atoms with van der Waals surface area (Å²) in [5.74, 6) is -0.405. The Bertz CT molecular complexity index is 601. The second-order valence-corrected chi connectivity index (χ2v) is 5.82. The lowest BCUT2D eigenvalue weighted by Gasteiger charge is -2.16. The fourth-order valence-electron chi connectivity index (χ4n) is 2.06. The van der Waals surface area contributed by atoms with Gasteiger partial charge in [0.1, 0.15) is 5.82 Å². The van der Waals surface area contributed by atoms with Gasteiger partial charge in [-0.3, -0.25) is 0 Å². The first-order valence-electron chi connectivity index (χ1n) is 5.93. The molecule has 1 atom stereocenters. The number of halogens is 3. The van der Waals surface area contributed by atoms with E-state index in [1.807, 2.05) is 25.1 Å². The average Bonchev–Trinajstić information content (AvgIpc) is 2.38. The van der Waals surface area contributed by atoms with Crippen LogP contribution in [0.3, 0.4) is 0 Å². The average molecular weight is 343 g/mol. The van der Waals surface area contributed by atoms with Crippen molar-refractivity contribution in [3.8, 4) is 0 Å². The summed E-state index contributed by atoms with van der Waals surface area (Å²) in [6.07, 6.45) is 0.508. The lowest BCUT2D eigenvalue weighted by Crippen LogP contribution is -2.15. The smallest absolute Gasteiger partial charge is 0.142 e. The van der Waals surface area contributed by atoms with Crippen LogP contribution in [0.25, 0.3) is 0 Å². The van der Waals surface area contributed by atoms with Crippen molar-refractivity contribution >= 4 is 27.5 Å². The van der Waals surface area contributed by atoms with E-state index >= 15 is 0 Å². The third-order valence-corrected chi connectivity index (χ3v) is 4.03. The Balaban J connectivity index is 2.28. The van der Waals surface area contributed by atoms with E-state index in [1.54, 1.807) is 12.1 Å². The Morgan fingerprint density at radius 1 is 1.32 bits per heavy atom. The highest BCUT2D eigenvalue weighted by molar-refractivity contribution is 9.10. The minimum atomic E-state index is -0.405. The maximum atomic E-state index is 13.4. The number of rotatable bonds is 3. The molecule has 100 valence electrons. The Morgan fingerprint density at radius 3 is 2.79 bits per heavy atom. The quantitative estimate of drug-likeness (QED) is 0.852. The molecule has 4 heteroatoms. The molecule has 0 saturated heterocycles. The van der Waals surface area contributed by atoms with Gasteiger partial charge in [0, 0.05) is 10.5 Å². The monoisotopic (exact) mass is 341 g/mol. The van der Waals surface area contributed by atoms with Crippen LogP contribution < -0.4 is 5.73 Å². The Labute approximate surface area is 125 Å². The van der Waals surface area contributed by atoms with Crippen LogP contribution in [0.1, 0.15) is 22.7 Å². The molecule has 0 aromatic heterocycles. The summed E-state index contributed by atoms with van der Waals surface area (Å²) in [7, 11) is 0. The van der Waals surface area contributed by atoms with Crippen molar-refractivity contribution < 1.29 is 4.39 Å². The lowest BCUT2D eigenvalue weighted by atomic mass is 9.96. The van der Waals surface area contributed by atoms with Gasteiger partial charge in [-0.15, -0.1) is 0 Å². The highest BCUT2D eigenvalue weighted by Crippen LogP contribution is 2.27. The molecule has 0 radical (unpaired) electrons. The molecule has 0 aliphatic carbocycles. The van der Waals surface area contributed by atoms with Crippen LogP contribution in [-0.4, -0.2) is 0 Å². The van der Waals surface area contributed by atoms with E-state index in [1.165, 1.54) is 6.07 Å².